The minimum Gasteiger partial charge on any atom is -0.386 e. The van der Waals surface area contributed by atoms with Crippen LogP contribution in [0.15, 0.2) is 11.5 Å². The summed E-state index contributed by atoms with van der Waals surface area (Å²) in [5.41, 5.74) is 5.45. The maximum atomic E-state index is 12.3. The number of carbonyl (C=O) groups is 2. The second-order valence-corrected chi connectivity index (χ2v) is 7.19. The van der Waals surface area contributed by atoms with Gasteiger partial charge in [-0.15, -0.1) is 11.8 Å². The minimum absolute atomic E-state index is 0.158. The van der Waals surface area contributed by atoms with E-state index in [9.17, 15) is 19.8 Å². The van der Waals surface area contributed by atoms with Crippen molar-refractivity contribution in [1.82, 2.24) is 10.2 Å². The third kappa shape index (κ3) is 4.49. The fourth-order valence-electron chi connectivity index (χ4n) is 2.88. The molecular formula is C15H24N4O4S. The predicted molar refractivity (Wildman–Crippen MR) is 91.4 cm³/mol. The monoisotopic (exact) mass is 356 g/mol. The topological polar surface area (TPSA) is 140 Å². The van der Waals surface area contributed by atoms with Gasteiger partial charge in [0.1, 0.15) is 5.84 Å². The van der Waals surface area contributed by atoms with Gasteiger partial charge in [0.25, 0.3) is 11.8 Å². The van der Waals surface area contributed by atoms with Gasteiger partial charge in [0.05, 0.1) is 6.04 Å². The lowest BCUT2D eigenvalue weighted by molar-refractivity contribution is -0.152. The summed E-state index contributed by atoms with van der Waals surface area (Å²) in [5.74, 6) is -1.70. The van der Waals surface area contributed by atoms with Crippen LogP contribution >= 0.6 is 11.8 Å². The summed E-state index contributed by atoms with van der Waals surface area (Å²) in [5, 5.41) is 32.4. The van der Waals surface area contributed by atoms with E-state index in [0.29, 0.717) is 31.2 Å². The number of aliphatic hydroxyl groups is 2. The summed E-state index contributed by atoms with van der Waals surface area (Å²) >= 11 is 1.70. The summed E-state index contributed by atoms with van der Waals surface area (Å²) in [6.45, 7) is 0.719. The Balaban J connectivity index is 1.81. The molecule has 2 rings (SSSR count). The first kappa shape index (κ1) is 18.8. The Morgan fingerprint density at radius 2 is 2.17 bits per heavy atom. The number of aliphatic hydroxyl groups excluding tert-OH is 2. The van der Waals surface area contributed by atoms with Crippen molar-refractivity contribution in [3.05, 3.63) is 11.5 Å². The first-order valence-electron chi connectivity index (χ1n) is 8.00. The molecule has 24 heavy (non-hydrogen) atoms. The van der Waals surface area contributed by atoms with Crippen LogP contribution in [-0.4, -0.2) is 69.4 Å². The molecule has 1 fully saturated rings. The molecule has 0 spiro atoms. The van der Waals surface area contributed by atoms with Crippen molar-refractivity contribution < 1.29 is 19.8 Å². The van der Waals surface area contributed by atoms with Gasteiger partial charge in [-0.3, -0.25) is 15.0 Å². The number of hydrogen-bond acceptors (Lipinski definition) is 6. The average Bonchev–Trinajstić information content (AvgIpc) is 3.23. The lowest BCUT2D eigenvalue weighted by Crippen LogP contribution is -2.53. The van der Waals surface area contributed by atoms with Gasteiger partial charge in [0.15, 0.2) is 12.2 Å². The molecule has 2 unspecified atom stereocenters. The first-order chi connectivity index (χ1) is 11.4. The van der Waals surface area contributed by atoms with E-state index in [-0.39, 0.29) is 5.84 Å². The van der Waals surface area contributed by atoms with Gasteiger partial charge < -0.3 is 26.2 Å². The zero-order valence-electron chi connectivity index (χ0n) is 13.4. The van der Waals surface area contributed by atoms with Crippen LogP contribution in [-0.2, 0) is 9.59 Å². The van der Waals surface area contributed by atoms with Gasteiger partial charge in [-0.25, -0.2) is 0 Å². The van der Waals surface area contributed by atoms with Crippen LogP contribution in [0.2, 0.25) is 0 Å². The molecule has 6 N–H and O–H groups in total. The van der Waals surface area contributed by atoms with E-state index >= 15 is 0 Å². The molecule has 2 aliphatic heterocycles. The Kier molecular flexibility index (Phi) is 6.64. The highest BCUT2D eigenvalue weighted by atomic mass is 32.2. The molecule has 1 saturated heterocycles. The number of amides is 2. The fraction of sp³-hybridized carbons (Fsp3) is 0.667. The molecule has 0 aliphatic carbocycles. The summed E-state index contributed by atoms with van der Waals surface area (Å²) in [6.07, 6.45) is 1.29. The minimum atomic E-state index is -1.85. The van der Waals surface area contributed by atoms with E-state index in [0.717, 1.165) is 12.8 Å². The van der Waals surface area contributed by atoms with Gasteiger partial charge in [-0.1, -0.05) is 6.08 Å². The van der Waals surface area contributed by atoms with E-state index in [1.165, 1.54) is 4.90 Å². The SMILES string of the molecule is N=C(N)C1CCCN1C(=O)[C@H](O)[C@@H](O)C(=O)NCCC1CC=CS1. The number of nitrogens with two attached hydrogens (primary N) is 1. The molecular weight excluding hydrogens is 332 g/mol. The number of allylic oxidation sites excluding steroid dienone is 1. The van der Waals surface area contributed by atoms with Crippen molar-refractivity contribution in [2.24, 2.45) is 5.73 Å². The number of rotatable bonds is 7. The lowest BCUT2D eigenvalue weighted by Gasteiger charge is -2.27. The number of nitrogens with zero attached hydrogens (tertiary/aromatic N) is 1. The quantitative estimate of drug-likeness (QED) is 0.298. The fourth-order valence-corrected chi connectivity index (χ4v) is 3.80. The molecule has 0 radical (unpaired) electrons. The van der Waals surface area contributed by atoms with Crippen molar-refractivity contribution in [3.63, 3.8) is 0 Å². The summed E-state index contributed by atoms with van der Waals surface area (Å²) in [6, 6.07) is -0.575. The third-order valence-electron chi connectivity index (χ3n) is 4.25. The molecule has 134 valence electrons. The van der Waals surface area contributed by atoms with Gasteiger partial charge in [0.2, 0.25) is 0 Å². The van der Waals surface area contributed by atoms with Gasteiger partial charge >= 0.3 is 0 Å². The highest BCUT2D eigenvalue weighted by molar-refractivity contribution is 8.03. The number of likely N-dealkylation sites (tertiary alicyclic amines) is 1. The number of carbonyl (C=O) groups excluding carboxylic acids is 2. The molecule has 0 aromatic carbocycles. The van der Waals surface area contributed by atoms with Gasteiger partial charge in [-0.05, 0) is 31.1 Å². The molecule has 0 bridgehead atoms. The number of amidine groups is 1. The highest BCUT2D eigenvalue weighted by Gasteiger charge is 2.38. The van der Waals surface area contributed by atoms with E-state index < -0.39 is 30.1 Å². The Morgan fingerprint density at radius 1 is 1.42 bits per heavy atom. The van der Waals surface area contributed by atoms with E-state index in [1.807, 2.05) is 5.41 Å². The van der Waals surface area contributed by atoms with E-state index in [2.05, 4.69) is 11.4 Å². The van der Waals surface area contributed by atoms with Crippen LogP contribution in [0.5, 0.6) is 0 Å². The molecule has 0 aromatic heterocycles. The number of nitrogens with one attached hydrogen (secondary N) is 2. The van der Waals surface area contributed by atoms with E-state index in [1.54, 1.807) is 11.8 Å². The van der Waals surface area contributed by atoms with E-state index in [4.69, 9.17) is 11.1 Å². The highest BCUT2D eigenvalue weighted by Crippen LogP contribution is 2.26. The van der Waals surface area contributed by atoms with Crippen molar-refractivity contribution >= 4 is 29.4 Å². The Morgan fingerprint density at radius 3 is 2.79 bits per heavy atom. The third-order valence-corrected chi connectivity index (χ3v) is 5.41. The molecule has 9 heteroatoms. The van der Waals surface area contributed by atoms with Crippen LogP contribution in [0.4, 0.5) is 0 Å². The molecule has 4 atom stereocenters. The number of thioether (sulfide) groups is 1. The zero-order valence-corrected chi connectivity index (χ0v) is 14.2. The van der Waals surface area contributed by atoms with Crippen molar-refractivity contribution in [2.75, 3.05) is 13.1 Å². The summed E-state index contributed by atoms with van der Waals surface area (Å²) in [7, 11) is 0. The second kappa shape index (κ2) is 8.50. The Bertz CT molecular complexity index is 520. The maximum Gasteiger partial charge on any atom is 0.255 e. The molecule has 0 saturated carbocycles. The molecule has 2 aliphatic rings. The van der Waals surface area contributed by atoms with Crippen LogP contribution in [0.3, 0.4) is 0 Å². The Hall–Kier alpha value is -1.58. The van der Waals surface area contributed by atoms with Crippen LogP contribution in [0, 0.1) is 5.41 Å². The lowest BCUT2D eigenvalue weighted by atomic mass is 10.1. The van der Waals surface area contributed by atoms with Crippen molar-refractivity contribution in [2.45, 2.75) is 49.2 Å². The zero-order chi connectivity index (χ0) is 17.7. The normalized spacial score (nSPS) is 25.5. The number of hydrogen-bond donors (Lipinski definition) is 5. The summed E-state index contributed by atoms with van der Waals surface area (Å²) < 4.78 is 0. The summed E-state index contributed by atoms with van der Waals surface area (Å²) in [4.78, 5) is 25.4. The maximum absolute atomic E-state index is 12.3. The smallest absolute Gasteiger partial charge is 0.255 e. The Labute approximate surface area is 145 Å². The molecule has 2 heterocycles. The largest absolute Gasteiger partial charge is 0.386 e. The second-order valence-electron chi connectivity index (χ2n) is 5.98. The van der Waals surface area contributed by atoms with Gasteiger partial charge in [-0.2, -0.15) is 0 Å². The van der Waals surface area contributed by atoms with Crippen molar-refractivity contribution in [1.29, 1.82) is 5.41 Å². The van der Waals surface area contributed by atoms with Crippen molar-refractivity contribution in [3.8, 4) is 0 Å². The van der Waals surface area contributed by atoms with Crippen LogP contribution < -0.4 is 11.1 Å². The van der Waals surface area contributed by atoms with Gasteiger partial charge in [0, 0.05) is 18.3 Å². The van der Waals surface area contributed by atoms with Crippen LogP contribution in [0.1, 0.15) is 25.7 Å². The predicted octanol–water partition coefficient (Wildman–Crippen LogP) is -0.839. The molecule has 0 aromatic rings. The molecule has 8 nitrogen and oxygen atoms in total. The first-order valence-corrected chi connectivity index (χ1v) is 8.94. The average molecular weight is 356 g/mol. The van der Waals surface area contributed by atoms with Crippen LogP contribution in [0.25, 0.3) is 0 Å². The standard InChI is InChI=1S/C15H24N4O4S/c16-13(17)10-4-1-7-19(10)15(23)12(21)11(20)14(22)18-6-5-9-3-2-8-24-9/h2,8-12,20-21H,1,3-7H2,(H3,16,17)(H,18,22)/t9?,10?,11-,12-/m1/s1. The molecule has 2 amide bonds.